The number of likely N-dealkylation sites (tertiary alicyclic amines) is 1. The Hall–Kier alpha value is -1.43. The van der Waals surface area contributed by atoms with Crippen LogP contribution in [0.25, 0.3) is 0 Å². The van der Waals surface area contributed by atoms with E-state index in [1.165, 1.54) is 12.1 Å². The van der Waals surface area contributed by atoms with E-state index in [1.54, 1.807) is 17.9 Å². The number of aliphatic carboxylic acids is 1. The summed E-state index contributed by atoms with van der Waals surface area (Å²) < 4.78 is 13.9. The normalized spacial score (nSPS) is 22.1. The Morgan fingerprint density at radius 3 is 2.86 bits per heavy atom. The largest absolute Gasteiger partial charge is 0.481 e. The van der Waals surface area contributed by atoms with Gasteiger partial charge in [0, 0.05) is 17.1 Å². The number of carboxylic acids is 1. The lowest BCUT2D eigenvalue weighted by atomic mass is 9.90. The molecule has 1 N–H and O–H groups in total. The lowest BCUT2D eigenvalue weighted by molar-refractivity contribution is -0.148. The molecule has 0 saturated carbocycles. The molecular formula is C15H17BrFNO3. The first kappa shape index (κ1) is 15.9. The highest BCUT2D eigenvalue weighted by molar-refractivity contribution is 9.10. The fourth-order valence-electron chi connectivity index (χ4n) is 2.77. The van der Waals surface area contributed by atoms with E-state index in [0.29, 0.717) is 29.4 Å². The zero-order chi connectivity index (χ0) is 15.6. The number of halogens is 2. The van der Waals surface area contributed by atoms with Crippen LogP contribution in [-0.4, -0.2) is 34.5 Å². The number of carbonyl (C=O) groups excluding carboxylic acids is 1. The summed E-state index contributed by atoms with van der Waals surface area (Å²) in [6, 6.07) is 3.88. The number of carboxylic acid groups (broad SMARTS) is 1. The van der Waals surface area contributed by atoms with Crippen molar-refractivity contribution in [1.29, 1.82) is 0 Å². The number of hydrogen-bond acceptors (Lipinski definition) is 2. The summed E-state index contributed by atoms with van der Waals surface area (Å²) >= 11 is 3.30. The van der Waals surface area contributed by atoms with Gasteiger partial charge in [-0.15, -0.1) is 0 Å². The van der Waals surface area contributed by atoms with Gasteiger partial charge in [-0.05, 0) is 43.5 Å². The van der Waals surface area contributed by atoms with E-state index in [2.05, 4.69) is 15.9 Å². The van der Waals surface area contributed by atoms with Crippen molar-refractivity contribution in [1.82, 2.24) is 4.90 Å². The Morgan fingerprint density at radius 2 is 2.19 bits per heavy atom. The van der Waals surface area contributed by atoms with Gasteiger partial charge in [-0.3, -0.25) is 9.59 Å². The van der Waals surface area contributed by atoms with Crippen LogP contribution in [0.5, 0.6) is 0 Å². The smallest absolute Gasteiger partial charge is 0.308 e. The summed E-state index contributed by atoms with van der Waals surface area (Å²) in [4.78, 5) is 25.2. The minimum atomic E-state index is -0.869. The van der Waals surface area contributed by atoms with Gasteiger partial charge in [0.2, 0.25) is 5.91 Å². The molecule has 0 radical (unpaired) electrons. The van der Waals surface area contributed by atoms with E-state index >= 15 is 0 Å². The molecule has 4 nitrogen and oxygen atoms in total. The Bertz CT molecular complexity index is 564. The molecule has 2 atom stereocenters. The number of amides is 1. The van der Waals surface area contributed by atoms with Gasteiger partial charge in [0.1, 0.15) is 5.82 Å². The predicted molar refractivity (Wildman–Crippen MR) is 79.3 cm³/mol. The Morgan fingerprint density at radius 1 is 1.48 bits per heavy atom. The van der Waals surface area contributed by atoms with E-state index in [1.807, 2.05) is 0 Å². The number of carbonyl (C=O) groups is 2. The van der Waals surface area contributed by atoms with Crippen LogP contribution in [0.1, 0.15) is 25.3 Å². The molecule has 114 valence electrons. The fraction of sp³-hybridized carbons (Fsp3) is 0.467. The third kappa shape index (κ3) is 3.61. The third-order valence-electron chi connectivity index (χ3n) is 3.98. The summed E-state index contributed by atoms with van der Waals surface area (Å²) in [5, 5.41) is 9.18. The van der Waals surface area contributed by atoms with E-state index in [9.17, 15) is 19.1 Å². The highest BCUT2D eigenvalue weighted by Gasteiger charge is 2.35. The second-order valence-electron chi connectivity index (χ2n) is 5.33. The summed E-state index contributed by atoms with van der Waals surface area (Å²) in [5.74, 6) is -1.96. The first-order valence-corrected chi connectivity index (χ1v) is 7.65. The zero-order valence-electron chi connectivity index (χ0n) is 11.7. The molecular weight excluding hydrogens is 341 g/mol. The van der Waals surface area contributed by atoms with Gasteiger partial charge in [-0.1, -0.05) is 15.9 Å². The van der Waals surface area contributed by atoms with Gasteiger partial charge in [0.05, 0.1) is 12.3 Å². The number of hydrogen-bond donors (Lipinski definition) is 1. The molecule has 0 aliphatic carbocycles. The first-order valence-electron chi connectivity index (χ1n) is 6.86. The summed E-state index contributed by atoms with van der Waals surface area (Å²) in [7, 11) is 0. The topological polar surface area (TPSA) is 57.6 Å². The number of rotatable bonds is 3. The van der Waals surface area contributed by atoms with Gasteiger partial charge < -0.3 is 10.0 Å². The third-order valence-corrected chi connectivity index (χ3v) is 4.75. The van der Waals surface area contributed by atoms with Crippen molar-refractivity contribution in [3.05, 3.63) is 34.1 Å². The van der Waals surface area contributed by atoms with Crippen LogP contribution in [0, 0.1) is 11.7 Å². The highest BCUT2D eigenvalue weighted by Crippen LogP contribution is 2.26. The minimum Gasteiger partial charge on any atom is -0.481 e. The molecule has 0 unspecified atom stereocenters. The molecule has 1 aromatic carbocycles. The fourth-order valence-corrected chi connectivity index (χ4v) is 3.16. The SMILES string of the molecule is C[C@@H]1[C@H](C(=O)O)CCCN1C(=O)Cc1cc(F)ccc1Br. The van der Waals surface area contributed by atoms with E-state index in [-0.39, 0.29) is 18.4 Å². The standard InChI is InChI=1S/C15H17BrFNO3/c1-9-12(15(20)21)3-2-6-18(9)14(19)8-10-7-11(17)4-5-13(10)16/h4-5,7,9,12H,2-3,6,8H2,1H3,(H,20,21)/t9-,12-/m1/s1. The predicted octanol–water partition coefficient (Wildman–Crippen LogP) is 2.84. The molecule has 1 amide bonds. The van der Waals surface area contributed by atoms with Crippen molar-refractivity contribution in [3.63, 3.8) is 0 Å². The Kier molecular flexibility index (Phi) is 4.98. The van der Waals surface area contributed by atoms with Crippen LogP contribution < -0.4 is 0 Å². The molecule has 1 aliphatic rings. The maximum atomic E-state index is 13.3. The molecule has 0 aromatic heterocycles. The van der Waals surface area contributed by atoms with Crippen molar-refractivity contribution >= 4 is 27.8 Å². The van der Waals surface area contributed by atoms with Crippen LogP contribution in [0.4, 0.5) is 4.39 Å². The zero-order valence-corrected chi connectivity index (χ0v) is 13.3. The van der Waals surface area contributed by atoms with Crippen LogP contribution in [0.15, 0.2) is 22.7 Å². The van der Waals surface area contributed by atoms with Crippen LogP contribution >= 0.6 is 15.9 Å². The number of nitrogens with zero attached hydrogens (tertiary/aromatic N) is 1. The summed E-state index contributed by atoms with van der Waals surface area (Å²) in [6.45, 7) is 2.31. The molecule has 1 heterocycles. The molecule has 1 fully saturated rings. The van der Waals surface area contributed by atoms with Crippen molar-refractivity contribution < 1.29 is 19.1 Å². The van der Waals surface area contributed by atoms with Crippen LogP contribution in [-0.2, 0) is 16.0 Å². The summed E-state index contributed by atoms with van der Waals surface area (Å²) in [5.41, 5.74) is 0.574. The van der Waals surface area contributed by atoms with Crippen molar-refractivity contribution in [3.8, 4) is 0 Å². The van der Waals surface area contributed by atoms with E-state index in [0.717, 1.165) is 0 Å². The van der Waals surface area contributed by atoms with E-state index < -0.39 is 17.7 Å². The molecule has 0 bridgehead atoms. The molecule has 1 aliphatic heterocycles. The molecule has 0 spiro atoms. The second kappa shape index (κ2) is 6.56. The van der Waals surface area contributed by atoms with E-state index in [4.69, 9.17) is 0 Å². The monoisotopic (exact) mass is 357 g/mol. The number of piperidine rings is 1. The maximum Gasteiger partial charge on any atom is 0.308 e. The highest BCUT2D eigenvalue weighted by atomic mass is 79.9. The lowest BCUT2D eigenvalue weighted by Gasteiger charge is -2.37. The molecule has 6 heteroatoms. The molecule has 1 aromatic rings. The molecule has 2 rings (SSSR count). The van der Waals surface area contributed by atoms with Crippen molar-refractivity contribution in [2.45, 2.75) is 32.2 Å². The van der Waals surface area contributed by atoms with Gasteiger partial charge >= 0.3 is 5.97 Å². The van der Waals surface area contributed by atoms with Gasteiger partial charge in [0.15, 0.2) is 0 Å². The second-order valence-corrected chi connectivity index (χ2v) is 6.18. The van der Waals surface area contributed by atoms with Crippen molar-refractivity contribution in [2.75, 3.05) is 6.54 Å². The Labute approximate surface area is 131 Å². The first-order chi connectivity index (χ1) is 9.90. The van der Waals surface area contributed by atoms with Crippen molar-refractivity contribution in [2.24, 2.45) is 5.92 Å². The Balaban J connectivity index is 2.12. The van der Waals surface area contributed by atoms with Gasteiger partial charge in [-0.25, -0.2) is 4.39 Å². The summed E-state index contributed by atoms with van der Waals surface area (Å²) in [6.07, 6.45) is 1.33. The molecule has 21 heavy (non-hydrogen) atoms. The average Bonchev–Trinajstić information content (AvgIpc) is 2.42. The van der Waals surface area contributed by atoms with Gasteiger partial charge in [0.25, 0.3) is 0 Å². The minimum absolute atomic E-state index is 0.0645. The van der Waals surface area contributed by atoms with Gasteiger partial charge in [-0.2, -0.15) is 0 Å². The number of benzene rings is 1. The molecule has 1 saturated heterocycles. The van der Waals surface area contributed by atoms with Crippen LogP contribution in [0.3, 0.4) is 0 Å². The maximum absolute atomic E-state index is 13.3. The average molecular weight is 358 g/mol. The van der Waals surface area contributed by atoms with Crippen LogP contribution in [0.2, 0.25) is 0 Å². The quantitative estimate of drug-likeness (QED) is 0.904. The lowest BCUT2D eigenvalue weighted by Crippen LogP contribution is -2.49.